The number of piperazine rings is 1. The maximum atomic E-state index is 12.4. The van der Waals surface area contributed by atoms with Crippen LogP contribution in [0.2, 0.25) is 0 Å². The first-order valence-corrected chi connectivity index (χ1v) is 8.65. The lowest BCUT2D eigenvalue weighted by Crippen LogP contribution is -2.51. The fourth-order valence-corrected chi connectivity index (χ4v) is 3.42. The maximum absolute atomic E-state index is 12.4. The summed E-state index contributed by atoms with van der Waals surface area (Å²) in [5, 5.41) is 0. The molecule has 1 amide bonds. The number of amides is 1. The number of nitrogens with zero attached hydrogens (tertiary/aromatic N) is 3. The molecule has 0 saturated carbocycles. The monoisotopic (exact) mass is 317 g/mol. The smallest absolute Gasteiger partial charge is 0.236 e. The summed E-state index contributed by atoms with van der Waals surface area (Å²) < 4.78 is 5.20. The second-order valence-electron chi connectivity index (χ2n) is 6.40. The van der Waals surface area contributed by atoms with E-state index in [1.54, 1.807) is 7.11 Å². The molecule has 0 radical (unpaired) electrons. The van der Waals surface area contributed by atoms with Crippen LogP contribution in [0.4, 0.5) is 5.69 Å². The zero-order valence-corrected chi connectivity index (χ0v) is 14.0. The molecule has 1 aromatic carbocycles. The molecule has 0 N–H and O–H groups in total. The first-order chi connectivity index (χ1) is 11.3. The van der Waals surface area contributed by atoms with Crippen molar-refractivity contribution in [1.29, 1.82) is 0 Å². The highest BCUT2D eigenvalue weighted by molar-refractivity contribution is 5.78. The topological polar surface area (TPSA) is 36.0 Å². The summed E-state index contributed by atoms with van der Waals surface area (Å²) in [7, 11) is 1.68. The van der Waals surface area contributed by atoms with Crippen molar-refractivity contribution < 1.29 is 9.53 Å². The van der Waals surface area contributed by atoms with Gasteiger partial charge in [0.15, 0.2) is 0 Å². The molecular formula is C18H27N3O2. The minimum Gasteiger partial charge on any atom is -0.497 e. The Labute approximate surface area is 138 Å². The van der Waals surface area contributed by atoms with Crippen molar-refractivity contribution in [3.8, 4) is 5.75 Å². The summed E-state index contributed by atoms with van der Waals surface area (Å²) in [5.41, 5.74) is 1.20. The Hall–Kier alpha value is -1.75. The highest BCUT2D eigenvalue weighted by Gasteiger charge is 2.23. The summed E-state index contributed by atoms with van der Waals surface area (Å²) in [4.78, 5) is 19.1. The van der Waals surface area contributed by atoms with Crippen molar-refractivity contribution >= 4 is 11.6 Å². The van der Waals surface area contributed by atoms with Crippen LogP contribution in [-0.2, 0) is 4.79 Å². The van der Waals surface area contributed by atoms with Crippen molar-refractivity contribution in [3.63, 3.8) is 0 Å². The number of carbonyl (C=O) groups excluding carboxylic acids is 1. The van der Waals surface area contributed by atoms with E-state index in [1.165, 1.54) is 24.9 Å². The number of hydrogen-bond donors (Lipinski definition) is 0. The van der Waals surface area contributed by atoms with Gasteiger partial charge in [0.25, 0.3) is 0 Å². The fraction of sp³-hybridized carbons (Fsp3) is 0.611. The van der Waals surface area contributed by atoms with E-state index in [9.17, 15) is 4.79 Å². The SMILES string of the molecule is COc1ccc(N2CCN(C(=O)CN3CCCCC3)CC2)cc1. The van der Waals surface area contributed by atoms with Crippen LogP contribution in [0.1, 0.15) is 19.3 Å². The molecule has 0 aromatic heterocycles. The van der Waals surface area contributed by atoms with Gasteiger partial charge in [-0.25, -0.2) is 0 Å². The van der Waals surface area contributed by atoms with Crippen LogP contribution >= 0.6 is 0 Å². The number of rotatable bonds is 4. The predicted molar refractivity (Wildman–Crippen MR) is 92.1 cm³/mol. The minimum absolute atomic E-state index is 0.293. The summed E-state index contributed by atoms with van der Waals surface area (Å²) in [6.07, 6.45) is 3.78. The van der Waals surface area contributed by atoms with Crippen molar-refractivity contribution in [2.45, 2.75) is 19.3 Å². The highest BCUT2D eigenvalue weighted by atomic mass is 16.5. The first kappa shape index (κ1) is 16.1. The Morgan fingerprint density at radius 1 is 0.957 bits per heavy atom. The van der Waals surface area contributed by atoms with E-state index in [0.29, 0.717) is 12.5 Å². The average Bonchev–Trinajstić information content (AvgIpc) is 2.63. The van der Waals surface area contributed by atoms with Crippen molar-refractivity contribution in [3.05, 3.63) is 24.3 Å². The van der Waals surface area contributed by atoms with Gasteiger partial charge in [-0.05, 0) is 50.2 Å². The summed E-state index contributed by atoms with van der Waals surface area (Å²) in [6.45, 7) is 6.20. The molecule has 0 unspecified atom stereocenters. The van der Waals surface area contributed by atoms with E-state index in [2.05, 4.69) is 21.9 Å². The van der Waals surface area contributed by atoms with Gasteiger partial charge in [-0.3, -0.25) is 9.69 Å². The molecule has 2 aliphatic rings. The number of likely N-dealkylation sites (tertiary alicyclic amines) is 1. The zero-order valence-electron chi connectivity index (χ0n) is 14.0. The molecule has 2 fully saturated rings. The minimum atomic E-state index is 0.293. The number of anilines is 1. The number of carbonyl (C=O) groups is 1. The molecule has 3 rings (SSSR count). The second kappa shape index (κ2) is 7.68. The lowest BCUT2D eigenvalue weighted by molar-refractivity contribution is -0.132. The molecule has 23 heavy (non-hydrogen) atoms. The van der Waals surface area contributed by atoms with Gasteiger partial charge < -0.3 is 14.5 Å². The zero-order chi connectivity index (χ0) is 16.1. The van der Waals surface area contributed by atoms with Gasteiger partial charge in [0.2, 0.25) is 5.91 Å². The van der Waals surface area contributed by atoms with Crippen molar-refractivity contribution in [2.75, 3.05) is 57.8 Å². The summed E-state index contributed by atoms with van der Waals surface area (Å²) in [6, 6.07) is 8.15. The van der Waals surface area contributed by atoms with E-state index >= 15 is 0 Å². The van der Waals surface area contributed by atoms with Gasteiger partial charge in [-0.1, -0.05) is 6.42 Å². The maximum Gasteiger partial charge on any atom is 0.236 e. The molecule has 1 aromatic rings. The molecule has 0 atom stereocenters. The molecule has 5 nitrogen and oxygen atoms in total. The number of piperidine rings is 1. The molecule has 0 aliphatic carbocycles. The summed E-state index contributed by atoms with van der Waals surface area (Å²) >= 11 is 0. The van der Waals surface area contributed by atoms with Gasteiger partial charge in [-0.15, -0.1) is 0 Å². The molecule has 0 bridgehead atoms. The average molecular weight is 317 g/mol. The molecule has 5 heteroatoms. The van der Waals surface area contributed by atoms with Crippen LogP contribution < -0.4 is 9.64 Å². The normalized spacial score (nSPS) is 19.7. The number of benzene rings is 1. The molecular weight excluding hydrogens is 290 g/mol. The van der Waals surface area contributed by atoms with Crippen LogP contribution in [-0.4, -0.2) is 68.6 Å². The number of hydrogen-bond acceptors (Lipinski definition) is 4. The fourth-order valence-electron chi connectivity index (χ4n) is 3.42. The van der Waals surface area contributed by atoms with Gasteiger partial charge in [-0.2, -0.15) is 0 Å². The van der Waals surface area contributed by atoms with E-state index < -0.39 is 0 Å². The van der Waals surface area contributed by atoms with Crippen LogP contribution in [0, 0.1) is 0 Å². The standard InChI is InChI=1S/C18H27N3O2/c1-23-17-7-5-16(6-8-17)20-11-13-21(14-12-20)18(22)15-19-9-3-2-4-10-19/h5-8H,2-4,9-15H2,1H3. The van der Waals surface area contributed by atoms with Gasteiger partial charge >= 0.3 is 0 Å². The quantitative estimate of drug-likeness (QED) is 0.849. The van der Waals surface area contributed by atoms with E-state index in [4.69, 9.17) is 4.74 Å². The first-order valence-electron chi connectivity index (χ1n) is 8.65. The largest absolute Gasteiger partial charge is 0.497 e. The van der Waals surface area contributed by atoms with E-state index in [-0.39, 0.29) is 0 Å². The molecule has 126 valence electrons. The summed E-state index contributed by atoms with van der Waals surface area (Å²) in [5.74, 6) is 1.17. The Morgan fingerprint density at radius 2 is 1.61 bits per heavy atom. The second-order valence-corrected chi connectivity index (χ2v) is 6.40. The van der Waals surface area contributed by atoms with Gasteiger partial charge in [0.1, 0.15) is 5.75 Å². The van der Waals surface area contributed by atoms with Crippen molar-refractivity contribution in [1.82, 2.24) is 9.80 Å². The lowest BCUT2D eigenvalue weighted by atomic mass is 10.1. The third-order valence-corrected chi connectivity index (χ3v) is 4.88. The Balaban J connectivity index is 1.48. The molecule has 2 heterocycles. The molecule has 2 saturated heterocycles. The predicted octanol–water partition coefficient (Wildman–Crippen LogP) is 1.83. The lowest BCUT2D eigenvalue weighted by Gasteiger charge is -2.37. The van der Waals surface area contributed by atoms with E-state index in [1.807, 2.05) is 17.0 Å². The Morgan fingerprint density at radius 3 is 2.22 bits per heavy atom. The third kappa shape index (κ3) is 4.16. The van der Waals surface area contributed by atoms with Gasteiger partial charge in [0, 0.05) is 31.9 Å². The van der Waals surface area contributed by atoms with Crippen LogP contribution in [0.3, 0.4) is 0 Å². The van der Waals surface area contributed by atoms with E-state index in [0.717, 1.165) is 45.0 Å². The van der Waals surface area contributed by atoms with Gasteiger partial charge in [0.05, 0.1) is 13.7 Å². The number of methoxy groups -OCH3 is 1. The van der Waals surface area contributed by atoms with Crippen LogP contribution in [0.25, 0.3) is 0 Å². The van der Waals surface area contributed by atoms with Crippen molar-refractivity contribution in [2.24, 2.45) is 0 Å². The molecule has 0 spiro atoms. The third-order valence-electron chi connectivity index (χ3n) is 4.88. The molecule has 2 aliphatic heterocycles. The highest BCUT2D eigenvalue weighted by Crippen LogP contribution is 2.20. The Bertz CT molecular complexity index is 504. The van der Waals surface area contributed by atoms with Crippen LogP contribution in [0.5, 0.6) is 5.75 Å². The van der Waals surface area contributed by atoms with Crippen LogP contribution in [0.15, 0.2) is 24.3 Å². The number of ether oxygens (including phenoxy) is 1. The Kier molecular flexibility index (Phi) is 5.39.